The number of carbonyl (C=O) groups excluding carboxylic acids is 2. The Morgan fingerprint density at radius 3 is 2.61 bits per heavy atom. The van der Waals surface area contributed by atoms with Gasteiger partial charge in [0.15, 0.2) is 15.4 Å². The van der Waals surface area contributed by atoms with Crippen molar-refractivity contribution in [1.29, 1.82) is 0 Å². The first-order valence-corrected chi connectivity index (χ1v) is 6.32. The first-order chi connectivity index (χ1) is 8.54. The number of nitrogens with zero attached hydrogens (tertiary/aromatic N) is 3. The Morgan fingerprint density at radius 1 is 1.50 bits per heavy atom. The van der Waals surface area contributed by atoms with E-state index in [9.17, 15) is 9.59 Å². The summed E-state index contributed by atoms with van der Waals surface area (Å²) in [6.07, 6.45) is 2.81. The van der Waals surface area contributed by atoms with Gasteiger partial charge in [-0.3, -0.25) is 15.0 Å². The van der Waals surface area contributed by atoms with Crippen LogP contribution in [0.25, 0.3) is 0 Å². The molecular formula is C9H12N4O3S2. The highest BCUT2D eigenvalue weighted by molar-refractivity contribution is 8.24. The summed E-state index contributed by atoms with van der Waals surface area (Å²) in [5.41, 5.74) is 2.73. The second kappa shape index (κ2) is 7.07. The molecule has 0 aliphatic rings. The number of ketones is 1. The van der Waals surface area contributed by atoms with Crippen LogP contribution in [0.1, 0.15) is 13.8 Å². The number of thioether (sulfide) groups is 1. The standard InChI is InChI=1S/C9H12N4O3S2/c1-3-16-8(15)7(6(2)14)18-9(17)12-13-4-10-11-5-13/h4-5,7H,3H2,1-2H3,(H,12,17)/t7-/m0/s1. The van der Waals surface area contributed by atoms with Crippen molar-refractivity contribution < 1.29 is 14.3 Å². The van der Waals surface area contributed by atoms with E-state index in [4.69, 9.17) is 17.0 Å². The lowest BCUT2D eigenvalue weighted by atomic mass is 10.3. The van der Waals surface area contributed by atoms with Gasteiger partial charge >= 0.3 is 5.97 Å². The molecule has 98 valence electrons. The largest absolute Gasteiger partial charge is 0.465 e. The lowest BCUT2D eigenvalue weighted by Crippen LogP contribution is -2.30. The van der Waals surface area contributed by atoms with Gasteiger partial charge in [-0.2, -0.15) is 0 Å². The van der Waals surface area contributed by atoms with E-state index in [0.29, 0.717) is 0 Å². The van der Waals surface area contributed by atoms with Crippen molar-refractivity contribution in [3.05, 3.63) is 12.7 Å². The maximum absolute atomic E-state index is 11.5. The predicted octanol–water partition coefficient (Wildman–Crippen LogP) is 0.360. The van der Waals surface area contributed by atoms with E-state index in [1.165, 1.54) is 24.3 Å². The van der Waals surface area contributed by atoms with Gasteiger partial charge in [-0.05, 0) is 13.8 Å². The highest BCUT2D eigenvalue weighted by Gasteiger charge is 2.27. The quantitative estimate of drug-likeness (QED) is 0.472. The number of thiocarbonyl (C=S) groups is 1. The summed E-state index contributed by atoms with van der Waals surface area (Å²) >= 11 is 5.94. The number of rotatable bonds is 5. The Balaban J connectivity index is 2.58. The van der Waals surface area contributed by atoms with Crippen molar-refractivity contribution in [2.45, 2.75) is 19.1 Å². The highest BCUT2D eigenvalue weighted by Crippen LogP contribution is 2.15. The second-order valence-electron chi connectivity index (χ2n) is 3.13. The average Bonchev–Trinajstić information content (AvgIpc) is 2.78. The molecule has 1 aromatic rings. The van der Waals surface area contributed by atoms with Crippen LogP contribution in [0.15, 0.2) is 12.7 Å². The Kier molecular flexibility index (Phi) is 5.72. The van der Waals surface area contributed by atoms with E-state index in [1.54, 1.807) is 6.92 Å². The average molecular weight is 288 g/mol. The zero-order valence-corrected chi connectivity index (χ0v) is 11.5. The minimum Gasteiger partial charge on any atom is -0.465 e. The number of carbonyl (C=O) groups is 2. The number of Topliss-reactive ketones (excluding diaryl/α,β-unsaturated/α-hetero) is 1. The number of nitrogens with one attached hydrogen (secondary N) is 1. The van der Waals surface area contributed by atoms with E-state index in [2.05, 4.69) is 15.6 Å². The van der Waals surface area contributed by atoms with Gasteiger partial charge in [0.05, 0.1) is 6.61 Å². The van der Waals surface area contributed by atoms with E-state index in [-0.39, 0.29) is 16.7 Å². The Morgan fingerprint density at radius 2 is 2.11 bits per heavy atom. The van der Waals surface area contributed by atoms with Crippen LogP contribution in [0.2, 0.25) is 0 Å². The Bertz CT molecular complexity index is 435. The van der Waals surface area contributed by atoms with Crippen molar-refractivity contribution in [1.82, 2.24) is 14.9 Å². The molecule has 1 heterocycles. The summed E-state index contributed by atoms with van der Waals surface area (Å²) in [4.78, 5) is 22.9. The zero-order valence-electron chi connectivity index (χ0n) is 9.82. The lowest BCUT2D eigenvalue weighted by Gasteiger charge is -2.13. The third-order valence-corrected chi connectivity index (χ3v) is 3.18. The van der Waals surface area contributed by atoms with E-state index >= 15 is 0 Å². The van der Waals surface area contributed by atoms with Gasteiger partial charge < -0.3 is 4.74 Å². The van der Waals surface area contributed by atoms with Gasteiger partial charge in [0.25, 0.3) is 0 Å². The van der Waals surface area contributed by atoms with Crippen LogP contribution in [0.5, 0.6) is 0 Å². The van der Waals surface area contributed by atoms with E-state index in [1.807, 2.05) is 0 Å². The summed E-state index contributed by atoms with van der Waals surface area (Å²) in [5, 5.41) is 6.20. The van der Waals surface area contributed by atoms with E-state index in [0.717, 1.165) is 11.8 Å². The number of esters is 1. The molecule has 1 N–H and O–H groups in total. The summed E-state index contributed by atoms with van der Waals surface area (Å²) in [6.45, 7) is 3.21. The van der Waals surface area contributed by atoms with Crippen LogP contribution in [0.3, 0.4) is 0 Å². The van der Waals surface area contributed by atoms with E-state index < -0.39 is 11.2 Å². The van der Waals surface area contributed by atoms with Crippen molar-refractivity contribution in [2.24, 2.45) is 0 Å². The fourth-order valence-corrected chi connectivity index (χ4v) is 2.11. The second-order valence-corrected chi connectivity index (χ2v) is 4.91. The number of hydrogen-bond donors (Lipinski definition) is 1. The normalized spacial score (nSPS) is 11.7. The van der Waals surface area contributed by atoms with Crippen LogP contribution in [0, 0.1) is 0 Å². The smallest absolute Gasteiger partial charge is 0.327 e. The SMILES string of the molecule is CCOC(=O)[C@@H](SC(=S)Nn1cnnc1)C(C)=O. The topological polar surface area (TPSA) is 86.1 Å². The lowest BCUT2D eigenvalue weighted by molar-refractivity contribution is -0.144. The van der Waals surface area contributed by atoms with Crippen LogP contribution in [0.4, 0.5) is 0 Å². The molecule has 1 rings (SSSR count). The van der Waals surface area contributed by atoms with Crippen LogP contribution >= 0.6 is 24.0 Å². The van der Waals surface area contributed by atoms with Crippen LogP contribution in [-0.4, -0.2) is 42.8 Å². The van der Waals surface area contributed by atoms with Crippen molar-refractivity contribution in [3.63, 3.8) is 0 Å². The fraction of sp³-hybridized carbons (Fsp3) is 0.444. The molecule has 0 bridgehead atoms. The van der Waals surface area contributed by atoms with Crippen molar-refractivity contribution in [2.75, 3.05) is 12.0 Å². The molecule has 0 spiro atoms. The number of aromatic nitrogens is 3. The molecule has 1 atom stereocenters. The molecule has 0 fully saturated rings. The molecule has 18 heavy (non-hydrogen) atoms. The molecule has 0 aliphatic heterocycles. The van der Waals surface area contributed by atoms with Gasteiger partial charge in [0, 0.05) is 0 Å². The highest BCUT2D eigenvalue weighted by atomic mass is 32.2. The molecule has 0 saturated carbocycles. The van der Waals surface area contributed by atoms with Crippen molar-refractivity contribution in [3.8, 4) is 0 Å². The zero-order chi connectivity index (χ0) is 13.5. The Hall–Kier alpha value is -1.48. The van der Waals surface area contributed by atoms with Gasteiger partial charge in [0.1, 0.15) is 12.7 Å². The molecule has 9 heteroatoms. The summed E-state index contributed by atoms with van der Waals surface area (Å²) in [7, 11) is 0. The molecule has 0 saturated heterocycles. The van der Waals surface area contributed by atoms with Gasteiger partial charge in [-0.15, -0.1) is 10.2 Å². The fourth-order valence-electron chi connectivity index (χ4n) is 1.01. The van der Waals surface area contributed by atoms with Crippen molar-refractivity contribution >= 4 is 40.1 Å². The van der Waals surface area contributed by atoms with Crippen LogP contribution in [-0.2, 0) is 14.3 Å². The summed E-state index contributed by atoms with van der Waals surface area (Å²) in [6, 6.07) is 0. The maximum Gasteiger partial charge on any atom is 0.327 e. The first-order valence-electron chi connectivity index (χ1n) is 5.04. The molecule has 1 aromatic heterocycles. The van der Waals surface area contributed by atoms with Gasteiger partial charge in [0.2, 0.25) is 0 Å². The summed E-state index contributed by atoms with van der Waals surface area (Å²) in [5.74, 6) is -0.908. The molecule has 0 amide bonds. The Labute approximate surface area is 113 Å². The van der Waals surface area contributed by atoms with Crippen LogP contribution < -0.4 is 5.43 Å². The monoisotopic (exact) mass is 288 g/mol. The first kappa shape index (κ1) is 14.6. The third kappa shape index (κ3) is 4.41. The molecule has 0 radical (unpaired) electrons. The number of hydrogen-bond acceptors (Lipinski definition) is 7. The molecule has 7 nitrogen and oxygen atoms in total. The third-order valence-electron chi connectivity index (χ3n) is 1.73. The molecule has 0 unspecified atom stereocenters. The van der Waals surface area contributed by atoms with Gasteiger partial charge in [-0.25, -0.2) is 4.68 Å². The predicted molar refractivity (Wildman–Crippen MR) is 70.7 cm³/mol. The summed E-state index contributed by atoms with van der Waals surface area (Å²) < 4.78 is 6.47. The number of ether oxygens (including phenoxy) is 1. The minimum atomic E-state index is -0.957. The molecular weight excluding hydrogens is 276 g/mol. The van der Waals surface area contributed by atoms with Gasteiger partial charge in [-0.1, -0.05) is 24.0 Å². The molecule has 0 aliphatic carbocycles. The maximum atomic E-state index is 11.5. The minimum absolute atomic E-state index is 0.217. The molecule has 0 aromatic carbocycles.